The van der Waals surface area contributed by atoms with E-state index in [1.54, 1.807) is 16.7 Å². The number of allylic oxidation sites excluding steroid dienone is 1. The van der Waals surface area contributed by atoms with Gasteiger partial charge in [-0.1, -0.05) is 30.7 Å². The predicted molar refractivity (Wildman–Crippen MR) is 135 cm³/mol. The smallest absolute Gasteiger partial charge is 0.343 e. The summed E-state index contributed by atoms with van der Waals surface area (Å²) in [6.07, 6.45) is 0.503. The zero-order valence-corrected chi connectivity index (χ0v) is 20.9. The van der Waals surface area contributed by atoms with Gasteiger partial charge in [0.25, 0.3) is 0 Å². The number of nitrogens with zero attached hydrogens (tertiary/aromatic N) is 2. The summed E-state index contributed by atoms with van der Waals surface area (Å²) < 4.78 is 5.87. The van der Waals surface area contributed by atoms with Crippen LogP contribution in [-0.4, -0.2) is 46.3 Å². The van der Waals surface area contributed by atoms with Crippen LogP contribution >= 0.6 is 11.8 Å². The zero-order valence-electron chi connectivity index (χ0n) is 20.0. The van der Waals surface area contributed by atoms with Gasteiger partial charge in [0.2, 0.25) is 5.91 Å². The Morgan fingerprint density at radius 3 is 2.63 bits per heavy atom. The van der Waals surface area contributed by atoms with Gasteiger partial charge < -0.3 is 25.0 Å². The zero-order chi connectivity index (χ0) is 25.1. The third-order valence-electron chi connectivity index (χ3n) is 6.00. The van der Waals surface area contributed by atoms with Crippen LogP contribution in [0, 0.1) is 6.92 Å². The molecule has 2 aromatic rings. The summed E-state index contributed by atoms with van der Waals surface area (Å²) in [5.74, 6) is -0.385. The number of rotatable bonds is 5. The summed E-state index contributed by atoms with van der Waals surface area (Å²) in [6, 6.07) is 13.2. The van der Waals surface area contributed by atoms with Crippen LogP contribution in [0.4, 0.5) is 10.5 Å². The number of carboxylic acid groups (broad SMARTS) is 1. The van der Waals surface area contributed by atoms with E-state index in [-0.39, 0.29) is 22.1 Å². The van der Waals surface area contributed by atoms with Gasteiger partial charge in [0, 0.05) is 35.5 Å². The normalized spacial score (nSPS) is 17.3. The molecule has 1 atom stereocenters. The van der Waals surface area contributed by atoms with Crippen molar-refractivity contribution in [3.05, 3.63) is 69.8 Å². The number of fused-ring (bicyclic) bond motifs is 1. The first-order chi connectivity index (χ1) is 16.7. The molecule has 2 aliphatic rings. The quantitative estimate of drug-likeness (QED) is 0.643. The van der Waals surface area contributed by atoms with Gasteiger partial charge >= 0.3 is 12.0 Å². The standard InChI is InChI=1S/C26H29N3O5S/c1-16-4-7-21(8-5-16)29(18(3)30)14-19-6-9-23-20(13-19)15-28(10-11-34-23)26(33)27-22-12-17(2)35-24(22)25(31)32/h4-9,13,17H,10-12,14-15H2,1-3H3,(H,27,33)(H,31,32). The summed E-state index contributed by atoms with van der Waals surface area (Å²) in [4.78, 5) is 40.5. The van der Waals surface area contributed by atoms with E-state index in [2.05, 4.69) is 5.32 Å². The topological polar surface area (TPSA) is 99.2 Å². The molecule has 2 aromatic carbocycles. The summed E-state index contributed by atoms with van der Waals surface area (Å²) in [6.45, 7) is 6.89. The molecule has 2 N–H and O–H groups in total. The molecule has 9 heteroatoms. The maximum Gasteiger partial charge on any atom is 0.343 e. The van der Waals surface area contributed by atoms with Gasteiger partial charge in [0.15, 0.2) is 0 Å². The fourth-order valence-electron chi connectivity index (χ4n) is 4.20. The Kier molecular flexibility index (Phi) is 7.35. The van der Waals surface area contributed by atoms with E-state index in [9.17, 15) is 19.5 Å². The molecule has 0 fully saturated rings. The highest BCUT2D eigenvalue weighted by molar-refractivity contribution is 8.04. The van der Waals surface area contributed by atoms with E-state index in [0.29, 0.717) is 44.1 Å². The molecular weight excluding hydrogens is 466 g/mol. The fraction of sp³-hybridized carbons (Fsp3) is 0.346. The minimum Gasteiger partial charge on any atom is -0.491 e. The van der Waals surface area contributed by atoms with Crippen LogP contribution in [0.15, 0.2) is 53.1 Å². The Bertz CT molecular complexity index is 1180. The molecule has 0 saturated carbocycles. The summed E-state index contributed by atoms with van der Waals surface area (Å²) in [5.41, 5.74) is 4.15. The van der Waals surface area contributed by atoms with E-state index in [4.69, 9.17) is 4.74 Å². The maximum absolute atomic E-state index is 13.0. The number of nitrogens with one attached hydrogen (secondary N) is 1. The molecule has 0 aliphatic carbocycles. The van der Waals surface area contributed by atoms with Gasteiger partial charge in [0.05, 0.1) is 19.6 Å². The van der Waals surface area contributed by atoms with Crippen molar-refractivity contribution in [3.63, 3.8) is 0 Å². The van der Waals surface area contributed by atoms with Crippen molar-refractivity contribution in [2.75, 3.05) is 18.1 Å². The number of hydrogen-bond donors (Lipinski definition) is 2. The number of carbonyl (C=O) groups excluding carboxylic acids is 2. The second kappa shape index (κ2) is 10.4. The van der Waals surface area contributed by atoms with E-state index in [0.717, 1.165) is 22.4 Å². The van der Waals surface area contributed by atoms with Gasteiger partial charge in [-0.3, -0.25) is 4.79 Å². The molecule has 1 unspecified atom stereocenters. The lowest BCUT2D eigenvalue weighted by Gasteiger charge is -2.23. The van der Waals surface area contributed by atoms with E-state index in [1.165, 1.54) is 11.8 Å². The minimum atomic E-state index is -1.02. The second-order valence-electron chi connectivity index (χ2n) is 8.83. The van der Waals surface area contributed by atoms with Crippen molar-refractivity contribution in [3.8, 4) is 5.75 Å². The van der Waals surface area contributed by atoms with Crippen molar-refractivity contribution in [1.82, 2.24) is 10.2 Å². The van der Waals surface area contributed by atoms with Crippen LogP contribution in [0.1, 0.15) is 37.0 Å². The Labute approximate surface area is 208 Å². The summed E-state index contributed by atoms with van der Waals surface area (Å²) in [5, 5.41) is 12.4. The van der Waals surface area contributed by atoms with Gasteiger partial charge in [0.1, 0.15) is 17.3 Å². The number of urea groups is 1. The van der Waals surface area contributed by atoms with Crippen LogP contribution in [-0.2, 0) is 22.7 Å². The second-order valence-corrected chi connectivity index (χ2v) is 10.3. The SMILES string of the molecule is CC(=O)N(Cc1ccc2c(c1)CN(C(=O)NC1=C(C(=O)O)SC(C)C1)CCO2)c1ccc(C)cc1. The van der Waals surface area contributed by atoms with E-state index < -0.39 is 5.97 Å². The lowest BCUT2D eigenvalue weighted by atomic mass is 10.1. The first-order valence-corrected chi connectivity index (χ1v) is 12.4. The number of thioether (sulfide) groups is 1. The van der Waals surface area contributed by atoms with Crippen molar-refractivity contribution < 1.29 is 24.2 Å². The van der Waals surface area contributed by atoms with Crippen molar-refractivity contribution in [2.45, 2.75) is 45.5 Å². The highest BCUT2D eigenvalue weighted by atomic mass is 32.2. The van der Waals surface area contributed by atoms with Crippen LogP contribution in [0.5, 0.6) is 5.75 Å². The molecule has 0 bridgehead atoms. The lowest BCUT2D eigenvalue weighted by molar-refractivity contribution is -0.131. The van der Waals surface area contributed by atoms with E-state index >= 15 is 0 Å². The molecule has 0 radical (unpaired) electrons. The molecule has 2 aliphatic heterocycles. The van der Waals surface area contributed by atoms with Gasteiger partial charge in [-0.2, -0.15) is 0 Å². The minimum absolute atomic E-state index is 0.0628. The Morgan fingerprint density at radius 1 is 1.20 bits per heavy atom. The van der Waals surface area contributed by atoms with Crippen molar-refractivity contribution in [2.24, 2.45) is 0 Å². The van der Waals surface area contributed by atoms with Crippen molar-refractivity contribution >= 4 is 35.4 Å². The molecule has 2 heterocycles. The first kappa shape index (κ1) is 24.7. The van der Waals surface area contributed by atoms with E-state index in [1.807, 2.05) is 56.3 Å². The largest absolute Gasteiger partial charge is 0.491 e. The molecule has 35 heavy (non-hydrogen) atoms. The molecule has 0 saturated heterocycles. The van der Waals surface area contributed by atoms with Gasteiger partial charge in [-0.15, -0.1) is 11.8 Å². The molecule has 0 spiro atoms. The number of aliphatic carboxylic acids is 1. The van der Waals surface area contributed by atoms with Gasteiger partial charge in [-0.05, 0) is 36.8 Å². The molecule has 8 nitrogen and oxygen atoms in total. The summed E-state index contributed by atoms with van der Waals surface area (Å²) in [7, 11) is 0. The number of carboxylic acids is 1. The van der Waals surface area contributed by atoms with Gasteiger partial charge in [-0.25, -0.2) is 9.59 Å². The number of anilines is 1. The lowest BCUT2D eigenvalue weighted by Crippen LogP contribution is -2.40. The maximum atomic E-state index is 13.0. The van der Waals surface area contributed by atoms with Crippen LogP contribution in [0.25, 0.3) is 0 Å². The molecule has 184 valence electrons. The van der Waals surface area contributed by atoms with Crippen LogP contribution in [0.3, 0.4) is 0 Å². The average molecular weight is 496 g/mol. The summed E-state index contributed by atoms with van der Waals surface area (Å²) >= 11 is 1.26. The molecule has 3 amide bonds. The Balaban J connectivity index is 1.51. The highest BCUT2D eigenvalue weighted by Gasteiger charge is 2.29. The Morgan fingerprint density at radius 2 is 1.94 bits per heavy atom. The first-order valence-electron chi connectivity index (χ1n) is 11.5. The third kappa shape index (κ3) is 5.79. The number of carbonyl (C=O) groups is 3. The fourth-order valence-corrected chi connectivity index (χ4v) is 5.23. The molecule has 4 rings (SSSR count). The number of benzene rings is 2. The Hall–Kier alpha value is -3.46. The van der Waals surface area contributed by atoms with Crippen molar-refractivity contribution in [1.29, 1.82) is 0 Å². The number of aryl methyl sites for hydroxylation is 1. The number of ether oxygens (including phenoxy) is 1. The molecule has 0 aromatic heterocycles. The van der Waals surface area contributed by atoms with Crippen LogP contribution in [0.2, 0.25) is 0 Å². The van der Waals surface area contributed by atoms with Crippen LogP contribution < -0.4 is 15.0 Å². The number of amides is 3. The highest BCUT2D eigenvalue weighted by Crippen LogP contribution is 2.36. The predicted octanol–water partition coefficient (Wildman–Crippen LogP) is 4.27. The average Bonchev–Trinajstić information content (AvgIpc) is 3.05. The number of hydrogen-bond acceptors (Lipinski definition) is 5. The molecular formula is C26H29N3O5S. The third-order valence-corrected chi connectivity index (χ3v) is 7.22. The monoisotopic (exact) mass is 495 g/mol.